The van der Waals surface area contributed by atoms with Crippen LogP contribution >= 0.6 is 0 Å². The van der Waals surface area contributed by atoms with Gasteiger partial charge in [0, 0.05) is 31.7 Å². The van der Waals surface area contributed by atoms with Crippen molar-refractivity contribution in [1.82, 2.24) is 20.6 Å². The molecule has 0 unspecified atom stereocenters. The van der Waals surface area contributed by atoms with E-state index in [9.17, 15) is 8.78 Å². The Morgan fingerprint density at radius 2 is 2.04 bits per heavy atom. The number of halogens is 2. The molecule has 2 N–H and O–H groups in total. The molecule has 0 spiro atoms. The largest absolute Gasteiger partial charge is 0.494 e. The molecule has 0 saturated carbocycles. The lowest BCUT2D eigenvalue weighted by molar-refractivity contribution is 0.171. The molecule has 1 aromatic carbocycles. The Kier molecular flexibility index (Phi) is 4.36. The van der Waals surface area contributed by atoms with Crippen LogP contribution in [-0.2, 0) is 11.3 Å². The summed E-state index contributed by atoms with van der Waals surface area (Å²) in [6, 6.07) is 5.71. The smallest absolute Gasteiger partial charge is 0.265 e. The van der Waals surface area contributed by atoms with Gasteiger partial charge in [0.15, 0.2) is 0 Å². The quantitative estimate of drug-likeness (QED) is 0.886. The van der Waals surface area contributed by atoms with Crippen molar-refractivity contribution in [3.63, 3.8) is 0 Å². The van der Waals surface area contributed by atoms with E-state index in [1.165, 1.54) is 7.11 Å². The highest BCUT2D eigenvalue weighted by Crippen LogP contribution is 2.22. The van der Waals surface area contributed by atoms with Gasteiger partial charge in [0.25, 0.3) is 6.43 Å². The third kappa shape index (κ3) is 3.23. The van der Waals surface area contributed by atoms with E-state index in [-0.39, 0.29) is 17.9 Å². The average molecular weight is 318 g/mol. The summed E-state index contributed by atoms with van der Waals surface area (Å²) >= 11 is 0. The summed E-state index contributed by atoms with van der Waals surface area (Å²) in [6.07, 6.45) is 2.36. The van der Waals surface area contributed by atoms with Gasteiger partial charge >= 0.3 is 0 Å². The maximum absolute atomic E-state index is 13.0. The number of benzene rings is 1. The van der Waals surface area contributed by atoms with Crippen LogP contribution < -0.4 is 10.6 Å². The molecule has 7 heteroatoms. The van der Waals surface area contributed by atoms with Gasteiger partial charge in [-0.05, 0) is 17.7 Å². The first-order valence-electron chi connectivity index (χ1n) is 7.11. The van der Waals surface area contributed by atoms with Gasteiger partial charge < -0.3 is 15.4 Å². The lowest BCUT2D eigenvalue weighted by Crippen LogP contribution is -2.28. The third-order valence-electron chi connectivity index (χ3n) is 3.56. The normalized spacial score (nSPS) is 14.7. The highest BCUT2D eigenvalue weighted by atomic mass is 19.3. The number of nitrogens with zero attached hydrogens (tertiary/aromatic N) is 2. The third-order valence-corrected chi connectivity index (χ3v) is 3.56. The summed E-state index contributed by atoms with van der Waals surface area (Å²) in [5.41, 5.74) is 3.03. The van der Waals surface area contributed by atoms with E-state index in [1.807, 2.05) is 18.2 Å². The van der Waals surface area contributed by atoms with E-state index in [0.717, 1.165) is 16.6 Å². The fourth-order valence-corrected chi connectivity index (χ4v) is 2.45. The average Bonchev–Trinajstić information content (AvgIpc) is 2.59. The van der Waals surface area contributed by atoms with E-state index >= 15 is 0 Å². The van der Waals surface area contributed by atoms with Crippen molar-refractivity contribution in [1.29, 1.82) is 0 Å². The van der Waals surface area contributed by atoms with Crippen LogP contribution in [-0.4, -0.2) is 30.0 Å². The molecule has 0 fully saturated rings. The molecular weight excluding hydrogens is 302 g/mol. The summed E-state index contributed by atoms with van der Waals surface area (Å²) in [6.45, 7) is 0.543. The Hall–Kier alpha value is -2.70. The van der Waals surface area contributed by atoms with E-state index in [1.54, 1.807) is 18.6 Å². The van der Waals surface area contributed by atoms with Gasteiger partial charge in [-0.3, -0.25) is 9.97 Å². The highest BCUT2D eigenvalue weighted by Gasteiger charge is 2.23. The first-order valence-corrected chi connectivity index (χ1v) is 7.11. The molecule has 0 bridgehead atoms. The van der Waals surface area contributed by atoms with Crippen LogP contribution in [0.15, 0.2) is 53.8 Å². The minimum atomic E-state index is -2.56. The molecule has 0 saturated heterocycles. The van der Waals surface area contributed by atoms with Gasteiger partial charge in [-0.1, -0.05) is 6.07 Å². The fourth-order valence-electron chi connectivity index (χ4n) is 2.45. The molecule has 2 aromatic rings. The number of hydrogen-bond donors (Lipinski definition) is 2. The summed E-state index contributed by atoms with van der Waals surface area (Å²) < 4.78 is 31.2. The van der Waals surface area contributed by atoms with Crippen LogP contribution in [0.3, 0.4) is 0 Å². The second-order valence-corrected chi connectivity index (χ2v) is 5.03. The molecule has 5 nitrogen and oxygen atoms in total. The maximum Gasteiger partial charge on any atom is 0.265 e. The van der Waals surface area contributed by atoms with Crippen molar-refractivity contribution in [2.75, 3.05) is 13.7 Å². The maximum atomic E-state index is 13.0. The molecule has 0 atom stereocenters. The molecule has 0 aliphatic carbocycles. The molecule has 120 valence electrons. The lowest BCUT2D eigenvalue weighted by Gasteiger charge is -2.22. The Morgan fingerprint density at radius 3 is 2.78 bits per heavy atom. The number of methoxy groups -OCH3 is 1. The molecule has 0 radical (unpaired) electrons. The van der Waals surface area contributed by atoms with Crippen LogP contribution in [0.4, 0.5) is 8.78 Å². The first-order chi connectivity index (χ1) is 11.2. The number of hydrogen-bond acceptors (Lipinski definition) is 5. The monoisotopic (exact) mass is 318 g/mol. The fraction of sp³-hybridized carbons (Fsp3) is 0.250. The van der Waals surface area contributed by atoms with Crippen molar-refractivity contribution in [2.24, 2.45) is 0 Å². The van der Waals surface area contributed by atoms with Crippen molar-refractivity contribution >= 4 is 11.0 Å². The van der Waals surface area contributed by atoms with Crippen molar-refractivity contribution in [2.45, 2.75) is 13.0 Å². The van der Waals surface area contributed by atoms with Gasteiger partial charge in [-0.25, -0.2) is 8.78 Å². The number of fused-ring (bicyclic) bond motifs is 1. The number of aromatic nitrogens is 2. The summed E-state index contributed by atoms with van der Waals surface area (Å²) in [7, 11) is 1.39. The van der Waals surface area contributed by atoms with Crippen LogP contribution in [0.2, 0.25) is 0 Å². The minimum absolute atomic E-state index is 0.0538. The number of nitrogens with one attached hydrogen (secondary N) is 2. The molecule has 2 heterocycles. The van der Waals surface area contributed by atoms with Crippen molar-refractivity contribution < 1.29 is 13.5 Å². The number of rotatable bonds is 5. The summed E-state index contributed by atoms with van der Waals surface area (Å²) in [5.74, 6) is 0.194. The predicted octanol–water partition coefficient (Wildman–Crippen LogP) is 2.33. The van der Waals surface area contributed by atoms with Crippen LogP contribution in [0.5, 0.6) is 0 Å². The van der Waals surface area contributed by atoms with Crippen molar-refractivity contribution in [3.05, 3.63) is 59.4 Å². The molecule has 23 heavy (non-hydrogen) atoms. The minimum Gasteiger partial charge on any atom is -0.494 e. The molecule has 1 aliphatic heterocycles. The Morgan fingerprint density at radius 1 is 1.26 bits per heavy atom. The van der Waals surface area contributed by atoms with Gasteiger partial charge in [0.05, 0.1) is 29.4 Å². The predicted molar refractivity (Wildman–Crippen MR) is 82.5 cm³/mol. The van der Waals surface area contributed by atoms with E-state index in [4.69, 9.17) is 4.74 Å². The summed E-state index contributed by atoms with van der Waals surface area (Å²) in [5, 5.41) is 5.95. The molecule has 1 aliphatic rings. The number of dihydropyridines is 1. The topological polar surface area (TPSA) is 59.1 Å². The Labute approximate surface area is 132 Å². The van der Waals surface area contributed by atoms with Gasteiger partial charge in [-0.2, -0.15) is 0 Å². The Bertz CT molecular complexity index is 774. The zero-order chi connectivity index (χ0) is 16.2. The zero-order valence-corrected chi connectivity index (χ0v) is 12.5. The summed E-state index contributed by atoms with van der Waals surface area (Å²) in [4.78, 5) is 8.46. The number of alkyl halides is 2. The lowest BCUT2D eigenvalue weighted by atomic mass is 10.1. The second-order valence-electron chi connectivity index (χ2n) is 5.03. The highest BCUT2D eigenvalue weighted by molar-refractivity contribution is 5.74. The van der Waals surface area contributed by atoms with E-state index in [2.05, 4.69) is 20.6 Å². The van der Waals surface area contributed by atoms with Crippen LogP contribution in [0.1, 0.15) is 5.56 Å². The SMILES string of the molecule is COC1=C(C(F)F)CNC=C1NCc1ccc2nccnc2c1. The molecule has 0 amide bonds. The van der Waals surface area contributed by atoms with Gasteiger partial charge in [0.1, 0.15) is 5.76 Å². The van der Waals surface area contributed by atoms with Crippen LogP contribution in [0, 0.1) is 0 Å². The van der Waals surface area contributed by atoms with Gasteiger partial charge in [-0.15, -0.1) is 0 Å². The van der Waals surface area contributed by atoms with E-state index in [0.29, 0.717) is 12.2 Å². The molecule has 1 aromatic heterocycles. The Balaban J connectivity index is 1.77. The zero-order valence-electron chi connectivity index (χ0n) is 12.5. The molecule has 3 rings (SSSR count). The van der Waals surface area contributed by atoms with Crippen LogP contribution in [0.25, 0.3) is 11.0 Å². The second kappa shape index (κ2) is 6.60. The number of ether oxygens (including phenoxy) is 1. The molecular formula is C16H16F2N4O. The van der Waals surface area contributed by atoms with Gasteiger partial charge in [0.2, 0.25) is 0 Å². The standard InChI is InChI=1S/C16H16F2N4O/c1-23-15-11(16(17)18)8-19-9-14(15)22-7-10-2-3-12-13(6-10)21-5-4-20-12/h2-6,9,16,19,22H,7-8H2,1H3. The van der Waals surface area contributed by atoms with Crippen molar-refractivity contribution in [3.8, 4) is 0 Å². The first kappa shape index (κ1) is 15.2. The van der Waals surface area contributed by atoms with E-state index < -0.39 is 6.43 Å².